The second-order valence-corrected chi connectivity index (χ2v) is 4.57. The zero-order valence-electron chi connectivity index (χ0n) is 11.7. The van der Waals surface area contributed by atoms with Gasteiger partial charge in [0, 0.05) is 6.04 Å². The lowest BCUT2D eigenvalue weighted by molar-refractivity contribution is 0.297. The minimum absolute atomic E-state index is 0.0909. The average molecular weight is 251 g/mol. The lowest BCUT2D eigenvalue weighted by Gasteiger charge is -2.17. The molecule has 0 saturated carbocycles. The molecule has 0 amide bonds. The highest BCUT2D eigenvalue weighted by molar-refractivity contribution is 5.46. The first-order valence-electron chi connectivity index (χ1n) is 6.76. The minimum Gasteiger partial charge on any atom is -0.496 e. The van der Waals surface area contributed by atoms with Crippen molar-refractivity contribution in [2.45, 2.75) is 45.6 Å². The van der Waals surface area contributed by atoms with Crippen LogP contribution in [0, 0.1) is 0 Å². The second kappa shape index (κ2) is 7.98. The van der Waals surface area contributed by atoms with Crippen molar-refractivity contribution >= 4 is 0 Å². The number of hydrogen-bond donors (Lipinski definition) is 1. The summed E-state index contributed by atoms with van der Waals surface area (Å²) in [6.07, 6.45) is 4.81. The summed E-state index contributed by atoms with van der Waals surface area (Å²) in [6.45, 7) is 4.89. The predicted octanol–water partition coefficient (Wildman–Crippen LogP) is 3.67. The van der Waals surface area contributed by atoms with Gasteiger partial charge in [-0.05, 0) is 25.5 Å². The Morgan fingerprint density at radius 1 is 1.17 bits per heavy atom. The van der Waals surface area contributed by atoms with Gasteiger partial charge in [-0.1, -0.05) is 32.3 Å². The van der Waals surface area contributed by atoms with E-state index in [0.29, 0.717) is 0 Å². The van der Waals surface area contributed by atoms with Gasteiger partial charge in [0.2, 0.25) is 0 Å². The highest BCUT2D eigenvalue weighted by atomic mass is 16.5. The standard InChI is InChI=1S/C15H25NO2/c1-4-5-6-7-11-18-14-10-8-9-13(17-3)15(14)12(2)16/h8-10,12H,4-7,11,16H2,1-3H3/t12-/m0/s1. The minimum atomic E-state index is -0.0909. The van der Waals surface area contributed by atoms with Gasteiger partial charge in [0.1, 0.15) is 11.5 Å². The summed E-state index contributed by atoms with van der Waals surface area (Å²) in [4.78, 5) is 0. The maximum atomic E-state index is 5.98. The van der Waals surface area contributed by atoms with Crippen LogP contribution in [0.5, 0.6) is 11.5 Å². The Bertz CT molecular complexity index is 350. The molecule has 0 spiro atoms. The second-order valence-electron chi connectivity index (χ2n) is 4.57. The number of nitrogens with two attached hydrogens (primary N) is 1. The molecule has 0 aliphatic heterocycles. The number of ether oxygens (including phenoxy) is 2. The maximum Gasteiger partial charge on any atom is 0.127 e. The van der Waals surface area contributed by atoms with Crippen LogP contribution in [-0.4, -0.2) is 13.7 Å². The Morgan fingerprint density at radius 3 is 2.50 bits per heavy atom. The zero-order chi connectivity index (χ0) is 13.4. The van der Waals surface area contributed by atoms with E-state index in [-0.39, 0.29) is 6.04 Å². The van der Waals surface area contributed by atoms with Crippen LogP contribution in [0.1, 0.15) is 51.1 Å². The highest BCUT2D eigenvalue weighted by Crippen LogP contribution is 2.32. The van der Waals surface area contributed by atoms with Crippen molar-refractivity contribution < 1.29 is 9.47 Å². The van der Waals surface area contributed by atoms with Gasteiger partial charge < -0.3 is 15.2 Å². The Labute approximate surface area is 110 Å². The average Bonchev–Trinajstić information content (AvgIpc) is 2.37. The third kappa shape index (κ3) is 4.22. The summed E-state index contributed by atoms with van der Waals surface area (Å²) in [5, 5.41) is 0. The molecule has 2 N–H and O–H groups in total. The molecule has 0 saturated heterocycles. The van der Waals surface area contributed by atoms with E-state index in [1.54, 1.807) is 7.11 Å². The van der Waals surface area contributed by atoms with Crippen LogP contribution >= 0.6 is 0 Å². The topological polar surface area (TPSA) is 44.5 Å². The molecule has 18 heavy (non-hydrogen) atoms. The Morgan fingerprint density at radius 2 is 1.89 bits per heavy atom. The van der Waals surface area contributed by atoms with E-state index < -0.39 is 0 Å². The van der Waals surface area contributed by atoms with Crippen LogP contribution in [0.4, 0.5) is 0 Å². The first-order valence-corrected chi connectivity index (χ1v) is 6.76. The predicted molar refractivity (Wildman–Crippen MR) is 75.2 cm³/mol. The van der Waals surface area contributed by atoms with Crippen molar-refractivity contribution in [3.05, 3.63) is 23.8 Å². The number of unbranched alkanes of at least 4 members (excludes halogenated alkanes) is 3. The first kappa shape index (κ1) is 14.8. The Kier molecular flexibility index (Phi) is 6.58. The van der Waals surface area contributed by atoms with Crippen LogP contribution in [-0.2, 0) is 0 Å². The highest BCUT2D eigenvalue weighted by Gasteiger charge is 2.13. The fraction of sp³-hybridized carbons (Fsp3) is 0.600. The molecule has 3 heteroatoms. The number of methoxy groups -OCH3 is 1. The van der Waals surface area contributed by atoms with Gasteiger partial charge in [-0.3, -0.25) is 0 Å². The van der Waals surface area contributed by atoms with Crippen molar-refractivity contribution in [1.29, 1.82) is 0 Å². The molecule has 102 valence electrons. The molecular formula is C15H25NO2. The fourth-order valence-corrected chi connectivity index (χ4v) is 1.99. The third-order valence-electron chi connectivity index (χ3n) is 2.96. The quantitative estimate of drug-likeness (QED) is 0.717. The summed E-state index contributed by atoms with van der Waals surface area (Å²) in [6, 6.07) is 5.72. The Hall–Kier alpha value is -1.22. The lowest BCUT2D eigenvalue weighted by Crippen LogP contribution is -2.10. The van der Waals surface area contributed by atoms with Gasteiger partial charge >= 0.3 is 0 Å². The van der Waals surface area contributed by atoms with E-state index in [1.165, 1.54) is 19.3 Å². The maximum absolute atomic E-state index is 5.98. The van der Waals surface area contributed by atoms with E-state index in [9.17, 15) is 0 Å². The summed E-state index contributed by atoms with van der Waals surface area (Å²) in [7, 11) is 1.66. The van der Waals surface area contributed by atoms with E-state index in [2.05, 4.69) is 6.92 Å². The first-order chi connectivity index (χ1) is 8.70. The fourth-order valence-electron chi connectivity index (χ4n) is 1.99. The van der Waals surface area contributed by atoms with E-state index in [0.717, 1.165) is 30.1 Å². The van der Waals surface area contributed by atoms with Crippen molar-refractivity contribution in [1.82, 2.24) is 0 Å². The molecule has 0 aliphatic carbocycles. The van der Waals surface area contributed by atoms with Crippen molar-refractivity contribution in [3.63, 3.8) is 0 Å². The monoisotopic (exact) mass is 251 g/mol. The Balaban J connectivity index is 2.64. The van der Waals surface area contributed by atoms with Crippen molar-refractivity contribution in [2.75, 3.05) is 13.7 Å². The molecule has 1 rings (SSSR count). The van der Waals surface area contributed by atoms with Gasteiger partial charge in [-0.25, -0.2) is 0 Å². The summed E-state index contributed by atoms with van der Waals surface area (Å²) < 4.78 is 11.2. The van der Waals surface area contributed by atoms with Gasteiger partial charge in [-0.2, -0.15) is 0 Å². The normalized spacial score (nSPS) is 12.2. The van der Waals surface area contributed by atoms with Gasteiger partial charge in [0.25, 0.3) is 0 Å². The largest absolute Gasteiger partial charge is 0.496 e. The SMILES string of the molecule is CCCCCCOc1cccc(OC)c1[C@H](C)N. The molecule has 3 nitrogen and oxygen atoms in total. The number of benzene rings is 1. The number of hydrogen-bond acceptors (Lipinski definition) is 3. The van der Waals surface area contributed by atoms with Gasteiger partial charge in [-0.15, -0.1) is 0 Å². The third-order valence-corrected chi connectivity index (χ3v) is 2.96. The molecule has 0 aliphatic rings. The van der Waals surface area contributed by atoms with Crippen molar-refractivity contribution in [2.24, 2.45) is 5.73 Å². The number of rotatable bonds is 8. The molecule has 0 aromatic heterocycles. The molecule has 1 aromatic rings. The van der Waals surface area contributed by atoms with Crippen molar-refractivity contribution in [3.8, 4) is 11.5 Å². The van der Waals surface area contributed by atoms with E-state index in [1.807, 2.05) is 25.1 Å². The molecule has 1 atom stereocenters. The summed E-state index contributed by atoms with van der Waals surface area (Å²) in [5.41, 5.74) is 6.94. The summed E-state index contributed by atoms with van der Waals surface area (Å²) in [5.74, 6) is 1.65. The zero-order valence-corrected chi connectivity index (χ0v) is 11.7. The van der Waals surface area contributed by atoms with Crippen LogP contribution in [0.15, 0.2) is 18.2 Å². The van der Waals surface area contributed by atoms with Crippen LogP contribution < -0.4 is 15.2 Å². The van der Waals surface area contributed by atoms with Crippen LogP contribution in [0.25, 0.3) is 0 Å². The van der Waals surface area contributed by atoms with Crippen LogP contribution in [0.3, 0.4) is 0 Å². The smallest absolute Gasteiger partial charge is 0.127 e. The molecule has 0 fully saturated rings. The van der Waals surface area contributed by atoms with Gasteiger partial charge in [0.05, 0.1) is 19.3 Å². The molecule has 0 heterocycles. The molecule has 0 bridgehead atoms. The van der Waals surface area contributed by atoms with E-state index in [4.69, 9.17) is 15.2 Å². The van der Waals surface area contributed by atoms with Crippen LogP contribution in [0.2, 0.25) is 0 Å². The molecular weight excluding hydrogens is 226 g/mol. The molecule has 1 aromatic carbocycles. The lowest BCUT2D eigenvalue weighted by atomic mass is 10.1. The molecule has 0 unspecified atom stereocenters. The summed E-state index contributed by atoms with van der Waals surface area (Å²) >= 11 is 0. The molecule has 0 radical (unpaired) electrons. The van der Waals surface area contributed by atoms with E-state index >= 15 is 0 Å². The van der Waals surface area contributed by atoms with Gasteiger partial charge in [0.15, 0.2) is 0 Å².